The molecule has 25 heavy (non-hydrogen) atoms. The highest BCUT2D eigenvalue weighted by atomic mass is 19.1. The fourth-order valence-corrected chi connectivity index (χ4v) is 3.10. The largest absolute Gasteiger partial charge is 0.384 e. The third-order valence-electron chi connectivity index (χ3n) is 4.47. The maximum Gasteiger partial charge on any atom is 0.127 e. The van der Waals surface area contributed by atoms with Gasteiger partial charge in [0.1, 0.15) is 5.82 Å². The third-order valence-corrected chi connectivity index (χ3v) is 4.47. The van der Waals surface area contributed by atoms with Crippen molar-refractivity contribution in [3.8, 4) is 11.1 Å². The molecule has 0 aliphatic carbocycles. The van der Waals surface area contributed by atoms with E-state index in [4.69, 9.17) is 9.47 Å². The summed E-state index contributed by atoms with van der Waals surface area (Å²) in [6.45, 7) is 3.48. The van der Waals surface area contributed by atoms with Gasteiger partial charge in [-0.05, 0) is 47.6 Å². The Labute approximate surface area is 151 Å². The Morgan fingerprint density at radius 3 is 2.12 bits per heavy atom. The number of rotatable bonds is 10. The summed E-state index contributed by atoms with van der Waals surface area (Å²) >= 11 is 0. The van der Waals surface area contributed by atoms with Gasteiger partial charge in [0, 0.05) is 20.1 Å². The maximum atomic E-state index is 14.3. The lowest BCUT2D eigenvalue weighted by Crippen LogP contribution is -2.17. The van der Waals surface area contributed by atoms with E-state index in [1.807, 2.05) is 12.1 Å². The number of ether oxygens (including phenoxy) is 2. The SMILES string of the molecule is CCCCc1ccc(-c2ccc(CC(COC)COC)cc2)cc1F. The predicted molar refractivity (Wildman–Crippen MR) is 101 cm³/mol. The Kier molecular flexibility index (Phi) is 8.10. The van der Waals surface area contributed by atoms with E-state index in [0.717, 1.165) is 42.4 Å². The number of aryl methyl sites for hydroxylation is 1. The summed E-state index contributed by atoms with van der Waals surface area (Å²) in [5.74, 6) is 0.242. The van der Waals surface area contributed by atoms with Crippen LogP contribution in [0.25, 0.3) is 11.1 Å². The lowest BCUT2D eigenvalue weighted by Gasteiger charge is -2.15. The van der Waals surface area contributed by atoms with E-state index in [0.29, 0.717) is 19.1 Å². The molecule has 0 amide bonds. The van der Waals surface area contributed by atoms with Gasteiger partial charge >= 0.3 is 0 Å². The summed E-state index contributed by atoms with van der Waals surface area (Å²) in [6, 6.07) is 13.9. The Hall–Kier alpha value is -1.71. The lowest BCUT2D eigenvalue weighted by molar-refractivity contribution is 0.0848. The molecule has 2 aromatic carbocycles. The van der Waals surface area contributed by atoms with Crippen molar-refractivity contribution in [1.29, 1.82) is 0 Å². The van der Waals surface area contributed by atoms with Crippen molar-refractivity contribution in [2.24, 2.45) is 5.92 Å². The minimum atomic E-state index is -0.102. The average molecular weight is 344 g/mol. The molecule has 0 saturated heterocycles. The second-order valence-electron chi connectivity index (χ2n) is 6.59. The molecule has 0 heterocycles. The molecule has 0 spiro atoms. The summed E-state index contributed by atoms with van der Waals surface area (Å²) in [4.78, 5) is 0. The number of hydrogen-bond donors (Lipinski definition) is 0. The number of unbranched alkanes of at least 4 members (excludes halogenated alkanes) is 1. The van der Waals surface area contributed by atoms with E-state index >= 15 is 0 Å². The normalized spacial score (nSPS) is 11.2. The summed E-state index contributed by atoms with van der Waals surface area (Å²) in [7, 11) is 3.43. The third kappa shape index (κ3) is 5.94. The van der Waals surface area contributed by atoms with Gasteiger partial charge in [-0.2, -0.15) is 0 Å². The van der Waals surface area contributed by atoms with E-state index < -0.39 is 0 Å². The minimum absolute atomic E-state index is 0.102. The lowest BCUT2D eigenvalue weighted by atomic mass is 9.97. The van der Waals surface area contributed by atoms with Crippen LogP contribution in [0, 0.1) is 11.7 Å². The molecule has 0 aromatic heterocycles. The Morgan fingerprint density at radius 1 is 0.920 bits per heavy atom. The molecule has 0 atom stereocenters. The fraction of sp³-hybridized carbons (Fsp3) is 0.455. The molecule has 0 N–H and O–H groups in total. The number of methoxy groups -OCH3 is 2. The maximum absolute atomic E-state index is 14.3. The van der Waals surface area contributed by atoms with Crippen LogP contribution in [0.1, 0.15) is 30.9 Å². The molecule has 0 radical (unpaired) electrons. The standard InChI is InChI=1S/C22H29FO2/c1-4-5-6-20-11-12-21(14-22(20)23)19-9-7-17(8-10-19)13-18(15-24-2)16-25-3/h7-12,14,18H,4-6,13,15-16H2,1-3H3. The van der Waals surface area contributed by atoms with E-state index in [-0.39, 0.29) is 5.82 Å². The number of hydrogen-bond acceptors (Lipinski definition) is 2. The summed E-state index contributed by atoms with van der Waals surface area (Å²) in [6.07, 6.45) is 3.82. The van der Waals surface area contributed by atoms with E-state index in [9.17, 15) is 4.39 Å². The van der Waals surface area contributed by atoms with Crippen molar-refractivity contribution in [3.05, 3.63) is 59.4 Å². The summed E-state index contributed by atoms with van der Waals surface area (Å²) < 4.78 is 24.8. The van der Waals surface area contributed by atoms with Gasteiger partial charge in [0.2, 0.25) is 0 Å². The van der Waals surface area contributed by atoms with Crippen molar-refractivity contribution >= 4 is 0 Å². The molecular weight excluding hydrogens is 315 g/mol. The van der Waals surface area contributed by atoms with E-state index in [1.54, 1.807) is 20.3 Å². The van der Waals surface area contributed by atoms with E-state index in [1.165, 1.54) is 5.56 Å². The smallest absolute Gasteiger partial charge is 0.127 e. The van der Waals surface area contributed by atoms with Gasteiger partial charge in [0.05, 0.1) is 13.2 Å². The first kappa shape index (κ1) is 19.6. The molecule has 0 aliphatic rings. The quantitative estimate of drug-likeness (QED) is 0.583. The zero-order valence-electron chi connectivity index (χ0n) is 15.6. The van der Waals surface area contributed by atoms with Crippen molar-refractivity contribution in [2.75, 3.05) is 27.4 Å². The van der Waals surface area contributed by atoms with E-state index in [2.05, 4.69) is 31.2 Å². The molecule has 0 bridgehead atoms. The Balaban J connectivity index is 2.07. The first-order valence-corrected chi connectivity index (χ1v) is 9.03. The average Bonchev–Trinajstić information content (AvgIpc) is 2.62. The predicted octanol–water partition coefficient (Wildman–Crippen LogP) is 5.29. The number of benzene rings is 2. The van der Waals surface area contributed by atoms with Gasteiger partial charge in [-0.25, -0.2) is 4.39 Å². The molecule has 2 nitrogen and oxygen atoms in total. The van der Waals surface area contributed by atoms with Crippen LogP contribution in [0.5, 0.6) is 0 Å². The van der Waals surface area contributed by atoms with Crippen LogP contribution in [-0.4, -0.2) is 27.4 Å². The van der Waals surface area contributed by atoms with Crippen molar-refractivity contribution < 1.29 is 13.9 Å². The van der Waals surface area contributed by atoms with Crippen LogP contribution in [0.15, 0.2) is 42.5 Å². The Bertz CT molecular complexity index is 631. The fourth-order valence-electron chi connectivity index (χ4n) is 3.10. The van der Waals surface area contributed by atoms with Gasteiger partial charge in [0.15, 0.2) is 0 Å². The van der Waals surface area contributed by atoms with Crippen LogP contribution in [0.3, 0.4) is 0 Å². The van der Waals surface area contributed by atoms with Gasteiger partial charge in [0.25, 0.3) is 0 Å². The van der Waals surface area contributed by atoms with Crippen LogP contribution < -0.4 is 0 Å². The molecule has 3 heteroatoms. The zero-order chi connectivity index (χ0) is 18.1. The minimum Gasteiger partial charge on any atom is -0.384 e. The summed E-state index contributed by atoms with van der Waals surface area (Å²) in [5.41, 5.74) is 4.02. The molecule has 0 aliphatic heterocycles. The zero-order valence-corrected chi connectivity index (χ0v) is 15.6. The molecule has 2 rings (SSSR count). The van der Waals surface area contributed by atoms with Crippen molar-refractivity contribution in [2.45, 2.75) is 32.6 Å². The molecule has 0 fully saturated rings. The van der Waals surface area contributed by atoms with Crippen LogP contribution >= 0.6 is 0 Å². The molecule has 0 saturated carbocycles. The highest BCUT2D eigenvalue weighted by Crippen LogP contribution is 2.24. The molecule has 136 valence electrons. The van der Waals surface area contributed by atoms with Gasteiger partial charge in [-0.15, -0.1) is 0 Å². The van der Waals surface area contributed by atoms with Gasteiger partial charge in [-0.3, -0.25) is 0 Å². The second-order valence-corrected chi connectivity index (χ2v) is 6.59. The number of halogens is 1. The first-order valence-electron chi connectivity index (χ1n) is 9.03. The van der Waals surface area contributed by atoms with Crippen molar-refractivity contribution in [1.82, 2.24) is 0 Å². The molecular formula is C22H29FO2. The molecule has 0 unspecified atom stereocenters. The van der Waals surface area contributed by atoms with Gasteiger partial charge in [-0.1, -0.05) is 49.7 Å². The van der Waals surface area contributed by atoms with Crippen LogP contribution in [0.2, 0.25) is 0 Å². The first-order chi connectivity index (χ1) is 12.2. The van der Waals surface area contributed by atoms with Crippen molar-refractivity contribution in [3.63, 3.8) is 0 Å². The second kappa shape index (κ2) is 10.3. The van der Waals surface area contributed by atoms with Crippen LogP contribution in [0.4, 0.5) is 4.39 Å². The van der Waals surface area contributed by atoms with Crippen LogP contribution in [-0.2, 0) is 22.3 Å². The topological polar surface area (TPSA) is 18.5 Å². The Morgan fingerprint density at radius 2 is 1.56 bits per heavy atom. The summed E-state index contributed by atoms with van der Waals surface area (Å²) in [5, 5.41) is 0. The van der Waals surface area contributed by atoms with Gasteiger partial charge < -0.3 is 9.47 Å². The molecule has 2 aromatic rings. The highest BCUT2D eigenvalue weighted by Gasteiger charge is 2.10. The monoisotopic (exact) mass is 344 g/mol. The highest BCUT2D eigenvalue weighted by molar-refractivity contribution is 5.64.